The predicted octanol–water partition coefficient (Wildman–Crippen LogP) is 2.34. The van der Waals surface area contributed by atoms with E-state index in [4.69, 9.17) is 39.6 Å². The Kier molecular flexibility index (Phi) is 16.3. The minimum Gasteiger partial charge on any atom is -0.473 e. The fourth-order valence-electron chi connectivity index (χ4n) is 4.55. The van der Waals surface area contributed by atoms with Gasteiger partial charge in [-0.25, -0.2) is 28.0 Å². The van der Waals surface area contributed by atoms with Gasteiger partial charge in [-0.2, -0.15) is 0 Å². The van der Waals surface area contributed by atoms with Gasteiger partial charge in [0.1, 0.15) is 11.6 Å². The molecule has 15 heteroatoms. The maximum atomic E-state index is 13.5. The first-order chi connectivity index (χ1) is 22.3. The van der Waals surface area contributed by atoms with E-state index >= 15 is 0 Å². The van der Waals surface area contributed by atoms with Crippen molar-refractivity contribution in [1.82, 2.24) is 9.80 Å². The molecule has 0 aromatic heterocycles. The molecular weight excluding hydrogens is 642 g/mol. The molecule has 47 heavy (non-hydrogen) atoms. The second-order valence-electron chi connectivity index (χ2n) is 10.3. The van der Waals surface area contributed by atoms with Crippen LogP contribution in [0, 0.1) is 11.6 Å². The van der Waals surface area contributed by atoms with E-state index in [-0.39, 0.29) is 11.6 Å². The number of β-amino-alcohol motifs (C(OH)–C–C–N with tert-alkyl or cyclic N) is 1. The molecule has 1 saturated heterocycles. The lowest BCUT2D eigenvalue weighted by Crippen LogP contribution is -2.49. The van der Waals surface area contributed by atoms with Gasteiger partial charge in [-0.05, 0) is 47.4 Å². The number of aliphatic hydroxyl groups is 1. The van der Waals surface area contributed by atoms with Gasteiger partial charge in [0.25, 0.3) is 0 Å². The van der Waals surface area contributed by atoms with Crippen molar-refractivity contribution >= 4 is 34.7 Å². The molecule has 0 amide bonds. The first kappa shape index (κ1) is 38.6. The zero-order valence-electron chi connectivity index (χ0n) is 25.2. The highest BCUT2D eigenvalue weighted by atomic mass is 32.2. The molecule has 3 aromatic carbocycles. The van der Waals surface area contributed by atoms with E-state index in [1.807, 2.05) is 30.3 Å². The summed E-state index contributed by atoms with van der Waals surface area (Å²) >= 11 is 0. The maximum Gasteiger partial charge on any atom is 0.414 e. The van der Waals surface area contributed by atoms with Gasteiger partial charge in [-0.3, -0.25) is 14.0 Å². The van der Waals surface area contributed by atoms with Crippen molar-refractivity contribution in [3.63, 3.8) is 0 Å². The topological polar surface area (TPSA) is 193 Å². The molecule has 0 radical (unpaired) electrons. The van der Waals surface area contributed by atoms with Gasteiger partial charge in [-0.15, -0.1) is 0 Å². The summed E-state index contributed by atoms with van der Waals surface area (Å²) in [6.45, 7) is 4.76. The summed E-state index contributed by atoms with van der Waals surface area (Å²) in [6.07, 6.45) is 0.248. The largest absolute Gasteiger partial charge is 0.473 e. The van der Waals surface area contributed by atoms with Crippen molar-refractivity contribution in [1.29, 1.82) is 0 Å². The molecule has 5 N–H and O–H groups in total. The van der Waals surface area contributed by atoms with Crippen molar-refractivity contribution in [2.24, 2.45) is 0 Å². The van der Waals surface area contributed by atoms with Gasteiger partial charge in [0.15, 0.2) is 0 Å². The van der Waals surface area contributed by atoms with E-state index in [2.05, 4.69) is 9.80 Å². The van der Waals surface area contributed by atoms with Crippen LogP contribution in [0.25, 0.3) is 0 Å². The van der Waals surface area contributed by atoms with Crippen LogP contribution in [-0.4, -0.2) is 115 Å². The van der Waals surface area contributed by atoms with Gasteiger partial charge >= 0.3 is 23.9 Å². The van der Waals surface area contributed by atoms with Crippen LogP contribution in [0.2, 0.25) is 0 Å². The van der Waals surface area contributed by atoms with E-state index < -0.39 is 46.0 Å². The highest BCUT2D eigenvalue weighted by Gasteiger charge is 2.24. The van der Waals surface area contributed by atoms with E-state index in [1.165, 1.54) is 24.3 Å². The van der Waals surface area contributed by atoms with Crippen molar-refractivity contribution in [2.45, 2.75) is 17.8 Å². The molecule has 0 aliphatic carbocycles. The third-order valence-electron chi connectivity index (χ3n) is 6.83. The molecule has 0 spiro atoms. The van der Waals surface area contributed by atoms with Crippen LogP contribution in [0.4, 0.5) is 8.78 Å². The van der Waals surface area contributed by atoms with E-state index in [9.17, 15) is 18.1 Å². The summed E-state index contributed by atoms with van der Waals surface area (Å²) in [7, 11) is -1.26. The van der Waals surface area contributed by atoms with Gasteiger partial charge in [0, 0.05) is 55.8 Å². The molecule has 1 aliphatic heterocycles. The second kappa shape index (κ2) is 19.8. The Morgan fingerprint density at radius 3 is 1.47 bits per heavy atom. The molecule has 2 unspecified atom stereocenters. The Morgan fingerprint density at radius 2 is 1.06 bits per heavy atom. The zero-order valence-corrected chi connectivity index (χ0v) is 26.0. The molecule has 2 atom stereocenters. The number of hydrogen-bond acceptors (Lipinski definition) is 8. The average Bonchev–Trinajstić information content (AvgIpc) is 3.03. The molecule has 1 aliphatic rings. The summed E-state index contributed by atoms with van der Waals surface area (Å²) in [6, 6.07) is 22.1. The van der Waals surface area contributed by atoms with Gasteiger partial charge in [0.2, 0.25) is 0 Å². The van der Waals surface area contributed by atoms with Crippen LogP contribution >= 0.6 is 0 Å². The maximum absolute atomic E-state index is 13.5. The molecule has 4 rings (SSSR count). The standard InChI is InChI=1S/C28H32F2N2O2S.2C2H2O4/c29-25-10-6-23(7-11-25)28(24-8-12-26(30)13-9-24)35(34)19-18-31-14-16-32(17-15-31)21-27(33)20-22-4-2-1-3-5-22;2*3-1(4)2(5)6/h1-13,27-28,33H,14-21H2;2*(H,3,4)(H,5,6). The quantitative estimate of drug-likeness (QED) is 0.197. The fraction of sp³-hybridized carbons (Fsp3) is 0.312. The van der Waals surface area contributed by atoms with Crippen molar-refractivity contribution in [3.8, 4) is 0 Å². The zero-order chi connectivity index (χ0) is 34.9. The molecule has 1 fully saturated rings. The van der Waals surface area contributed by atoms with Crippen molar-refractivity contribution in [3.05, 3.63) is 107 Å². The Morgan fingerprint density at radius 1 is 0.660 bits per heavy atom. The number of carboxylic acids is 4. The summed E-state index contributed by atoms with van der Waals surface area (Å²) in [5.74, 6) is -7.51. The Hall–Kier alpha value is -4.57. The van der Waals surface area contributed by atoms with E-state index in [1.54, 1.807) is 24.3 Å². The summed E-state index contributed by atoms with van der Waals surface area (Å²) < 4.78 is 40.3. The summed E-state index contributed by atoms with van der Waals surface area (Å²) in [5.41, 5.74) is 2.65. The number of carboxylic acid groups (broad SMARTS) is 4. The molecule has 12 nitrogen and oxygen atoms in total. The number of aliphatic carboxylic acids is 4. The number of nitrogens with zero attached hydrogens (tertiary/aromatic N) is 2. The normalized spacial score (nSPS) is 14.5. The number of hydrogen-bond donors (Lipinski definition) is 5. The fourth-order valence-corrected chi connectivity index (χ4v) is 6.15. The Bertz CT molecular complexity index is 1380. The van der Waals surface area contributed by atoms with Crippen molar-refractivity contribution < 1.29 is 57.7 Å². The number of halogens is 2. The van der Waals surface area contributed by atoms with Crippen LogP contribution in [-0.2, 0) is 36.4 Å². The predicted molar refractivity (Wildman–Crippen MR) is 167 cm³/mol. The lowest BCUT2D eigenvalue weighted by Gasteiger charge is -2.35. The average molecular weight is 679 g/mol. The van der Waals surface area contributed by atoms with E-state index in [0.717, 1.165) is 42.9 Å². The third-order valence-corrected chi connectivity index (χ3v) is 8.49. The Balaban J connectivity index is 0.000000546. The first-order valence-corrected chi connectivity index (χ1v) is 15.6. The van der Waals surface area contributed by atoms with Crippen LogP contribution in [0.15, 0.2) is 78.9 Å². The minimum absolute atomic E-state index is 0.343. The monoisotopic (exact) mass is 678 g/mol. The van der Waals surface area contributed by atoms with Crippen LogP contribution < -0.4 is 0 Å². The van der Waals surface area contributed by atoms with Crippen LogP contribution in [0.5, 0.6) is 0 Å². The highest BCUT2D eigenvalue weighted by molar-refractivity contribution is 7.85. The Labute approximate surface area is 272 Å². The molecule has 0 saturated carbocycles. The molecule has 1 heterocycles. The lowest BCUT2D eigenvalue weighted by atomic mass is 10.0. The van der Waals surface area contributed by atoms with Crippen LogP contribution in [0.1, 0.15) is 21.9 Å². The lowest BCUT2D eigenvalue weighted by molar-refractivity contribution is -0.159. The summed E-state index contributed by atoms with van der Waals surface area (Å²) in [5, 5.41) is 39.6. The molecular formula is C32H36F2N2O10S. The number of benzene rings is 3. The smallest absolute Gasteiger partial charge is 0.414 e. The third kappa shape index (κ3) is 14.6. The number of aliphatic hydroxyl groups excluding tert-OH is 1. The SMILES string of the molecule is O=C(O)C(=O)O.O=C(O)C(=O)O.O=S(CCN1CCN(CC(O)Cc2ccccc2)CC1)C(c1ccc(F)cc1)c1ccc(F)cc1. The minimum atomic E-state index is -1.82. The summed E-state index contributed by atoms with van der Waals surface area (Å²) in [4.78, 5) is 41.0. The highest BCUT2D eigenvalue weighted by Crippen LogP contribution is 2.29. The first-order valence-electron chi connectivity index (χ1n) is 14.2. The van der Waals surface area contributed by atoms with Gasteiger partial charge in [0.05, 0.1) is 11.4 Å². The van der Waals surface area contributed by atoms with Gasteiger partial charge in [-0.1, -0.05) is 54.6 Å². The number of piperazine rings is 1. The molecule has 254 valence electrons. The van der Waals surface area contributed by atoms with Gasteiger partial charge < -0.3 is 25.5 Å². The second-order valence-corrected chi connectivity index (χ2v) is 11.9. The number of rotatable bonds is 10. The molecule has 0 bridgehead atoms. The van der Waals surface area contributed by atoms with Crippen LogP contribution in [0.3, 0.4) is 0 Å². The van der Waals surface area contributed by atoms with Crippen molar-refractivity contribution in [2.75, 3.05) is 45.0 Å². The number of carbonyl (C=O) groups is 4. The molecule has 3 aromatic rings. The van der Waals surface area contributed by atoms with E-state index in [0.29, 0.717) is 25.3 Å².